The molecule has 0 unspecified atom stereocenters. The Morgan fingerprint density at radius 3 is 2.60 bits per heavy atom. The number of carboxylic acids is 1. The molecule has 3 N–H and O–H groups in total. The molecule has 0 aliphatic rings. The molecule has 15 heavy (non-hydrogen) atoms. The van der Waals surface area contributed by atoms with Gasteiger partial charge in [0.15, 0.2) is 0 Å². The zero-order valence-corrected chi connectivity index (χ0v) is 8.10. The van der Waals surface area contributed by atoms with E-state index in [2.05, 4.69) is 5.32 Å². The van der Waals surface area contributed by atoms with Crippen molar-refractivity contribution < 1.29 is 19.8 Å². The Morgan fingerprint density at radius 1 is 1.40 bits per heavy atom. The van der Waals surface area contributed by atoms with Crippen LogP contribution in [0.15, 0.2) is 24.3 Å². The lowest BCUT2D eigenvalue weighted by molar-refractivity contribution is -0.138. The molecule has 1 atom stereocenters. The van der Waals surface area contributed by atoms with E-state index in [1.165, 1.54) is 31.2 Å². The second-order valence-electron chi connectivity index (χ2n) is 3.08. The predicted molar refractivity (Wildman–Crippen MR) is 52.7 cm³/mol. The summed E-state index contributed by atoms with van der Waals surface area (Å²) in [4.78, 5) is 21.9. The number of aliphatic carboxylic acids is 1. The Morgan fingerprint density at radius 2 is 2.07 bits per heavy atom. The Kier molecular flexibility index (Phi) is 3.28. The second kappa shape index (κ2) is 4.45. The van der Waals surface area contributed by atoms with Crippen molar-refractivity contribution in [2.75, 3.05) is 0 Å². The third kappa shape index (κ3) is 2.98. The van der Waals surface area contributed by atoms with Crippen LogP contribution in [0.2, 0.25) is 0 Å². The highest BCUT2D eigenvalue weighted by Gasteiger charge is 2.15. The number of aromatic hydroxyl groups is 1. The van der Waals surface area contributed by atoms with Gasteiger partial charge in [-0.2, -0.15) is 0 Å². The van der Waals surface area contributed by atoms with Crippen molar-refractivity contribution in [2.24, 2.45) is 0 Å². The molecule has 1 rings (SSSR count). The summed E-state index contributed by atoms with van der Waals surface area (Å²) in [5.74, 6) is -1.67. The van der Waals surface area contributed by atoms with Gasteiger partial charge in [0.25, 0.3) is 5.91 Å². The molecule has 5 nitrogen and oxygen atoms in total. The molecule has 0 aliphatic carbocycles. The van der Waals surface area contributed by atoms with E-state index >= 15 is 0 Å². The van der Waals surface area contributed by atoms with Gasteiger partial charge in [0.05, 0.1) is 0 Å². The van der Waals surface area contributed by atoms with Crippen molar-refractivity contribution in [3.63, 3.8) is 0 Å². The number of benzene rings is 1. The van der Waals surface area contributed by atoms with Crippen LogP contribution < -0.4 is 5.32 Å². The zero-order chi connectivity index (χ0) is 11.4. The van der Waals surface area contributed by atoms with Crippen LogP contribution in [0.25, 0.3) is 0 Å². The molecule has 0 saturated heterocycles. The number of carbonyl (C=O) groups excluding carboxylic acids is 1. The zero-order valence-electron chi connectivity index (χ0n) is 8.10. The minimum atomic E-state index is -1.11. The van der Waals surface area contributed by atoms with Crippen LogP contribution in [-0.4, -0.2) is 28.1 Å². The van der Waals surface area contributed by atoms with E-state index in [9.17, 15) is 9.59 Å². The predicted octanol–water partition coefficient (Wildman–Crippen LogP) is 0.595. The first-order valence-corrected chi connectivity index (χ1v) is 4.33. The molecule has 0 heterocycles. The average molecular weight is 209 g/mol. The minimum absolute atomic E-state index is 0.0365. The molecular formula is C10H11NO4. The van der Waals surface area contributed by atoms with E-state index in [1.54, 1.807) is 0 Å². The molecule has 0 bridgehead atoms. The molecule has 0 radical (unpaired) electrons. The number of phenolic OH excluding ortho intramolecular Hbond substituents is 1. The van der Waals surface area contributed by atoms with E-state index < -0.39 is 17.9 Å². The first kappa shape index (κ1) is 11.0. The van der Waals surface area contributed by atoms with Crippen LogP contribution in [-0.2, 0) is 4.79 Å². The highest BCUT2D eigenvalue weighted by atomic mass is 16.4. The van der Waals surface area contributed by atoms with Gasteiger partial charge in [-0.1, -0.05) is 6.07 Å². The Labute approximate surface area is 86.4 Å². The van der Waals surface area contributed by atoms with Gasteiger partial charge in [0.1, 0.15) is 11.8 Å². The Bertz CT molecular complexity index is 389. The highest BCUT2D eigenvalue weighted by molar-refractivity contribution is 5.96. The van der Waals surface area contributed by atoms with Gasteiger partial charge >= 0.3 is 5.97 Å². The van der Waals surface area contributed by atoms with Gasteiger partial charge in [-0.25, -0.2) is 0 Å². The molecule has 1 amide bonds. The Balaban J connectivity index is 2.73. The fraction of sp³-hybridized carbons (Fsp3) is 0.200. The average Bonchev–Trinajstić information content (AvgIpc) is 2.17. The van der Waals surface area contributed by atoms with Crippen LogP contribution in [0.4, 0.5) is 0 Å². The number of amides is 1. The van der Waals surface area contributed by atoms with Gasteiger partial charge in [-0.15, -0.1) is 0 Å². The van der Waals surface area contributed by atoms with Crippen LogP contribution in [0.1, 0.15) is 17.3 Å². The summed E-state index contributed by atoms with van der Waals surface area (Å²) in [6.45, 7) is 1.36. The summed E-state index contributed by atoms with van der Waals surface area (Å²) in [6, 6.07) is 4.74. The number of rotatable bonds is 3. The van der Waals surface area contributed by atoms with Gasteiger partial charge in [0, 0.05) is 5.56 Å². The molecule has 0 spiro atoms. The SMILES string of the molecule is C[C@H](NC(=O)c1cccc(O)c1)C(=O)O. The maximum absolute atomic E-state index is 11.4. The van der Waals surface area contributed by atoms with E-state index in [0.29, 0.717) is 0 Å². The maximum atomic E-state index is 11.4. The lowest BCUT2D eigenvalue weighted by atomic mass is 10.2. The number of carboxylic acid groups (broad SMARTS) is 1. The number of nitrogens with one attached hydrogen (secondary N) is 1. The minimum Gasteiger partial charge on any atom is -0.508 e. The van der Waals surface area contributed by atoms with E-state index in [1.807, 2.05) is 0 Å². The van der Waals surface area contributed by atoms with Crippen LogP contribution in [0, 0.1) is 0 Å². The molecule has 80 valence electrons. The second-order valence-corrected chi connectivity index (χ2v) is 3.08. The normalized spacial score (nSPS) is 11.8. The number of hydrogen-bond donors (Lipinski definition) is 3. The van der Waals surface area contributed by atoms with E-state index in [0.717, 1.165) is 0 Å². The summed E-state index contributed by atoms with van der Waals surface area (Å²) < 4.78 is 0. The first-order valence-electron chi connectivity index (χ1n) is 4.33. The monoisotopic (exact) mass is 209 g/mol. The van der Waals surface area contributed by atoms with E-state index in [-0.39, 0.29) is 11.3 Å². The van der Waals surface area contributed by atoms with Crippen molar-refractivity contribution in [1.82, 2.24) is 5.32 Å². The number of carbonyl (C=O) groups is 2. The van der Waals surface area contributed by atoms with Gasteiger partial charge in [0.2, 0.25) is 0 Å². The summed E-state index contributed by atoms with van der Waals surface area (Å²) in [5.41, 5.74) is 0.225. The molecule has 0 saturated carbocycles. The molecule has 1 aromatic rings. The quantitative estimate of drug-likeness (QED) is 0.680. The number of phenols is 1. The van der Waals surface area contributed by atoms with Gasteiger partial charge in [-0.3, -0.25) is 9.59 Å². The summed E-state index contributed by atoms with van der Waals surface area (Å²) >= 11 is 0. The first-order chi connectivity index (χ1) is 7.00. The van der Waals surface area contributed by atoms with Gasteiger partial charge < -0.3 is 15.5 Å². The summed E-state index contributed by atoms with van der Waals surface area (Å²) in [6.07, 6.45) is 0. The van der Waals surface area contributed by atoms with Crippen LogP contribution >= 0.6 is 0 Å². The molecule has 0 aromatic heterocycles. The van der Waals surface area contributed by atoms with Crippen LogP contribution in [0.3, 0.4) is 0 Å². The van der Waals surface area contributed by atoms with E-state index in [4.69, 9.17) is 10.2 Å². The fourth-order valence-electron chi connectivity index (χ4n) is 0.989. The smallest absolute Gasteiger partial charge is 0.325 e. The van der Waals surface area contributed by atoms with Crippen molar-refractivity contribution in [1.29, 1.82) is 0 Å². The van der Waals surface area contributed by atoms with Gasteiger partial charge in [-0.05, 0) is 25.1 Å². The van der Waals surface area contributed by atoms with Crippen molar-refractivity contribution in [3.05, 3.63) is 29.8 Å². The lowest BCUT2D eigenvalue weighted by Crippen LogP contribution is -2.38. The van der Waals surface area contributed by atoms with Crippen LogP contribution in [0.5, 0.6) is 5.75 Å². The molecule has 1 aromatic carbocycles. The third-order valence-corrected chi connectivity index (χ3v) is 1.83. The number of hydrogen-bond acceptors (Lipinski definition) is 3. The topological polar surface area (TPSA) is 86.6 Å². The van der Waals surface area contributed by atoms with Crippen molar-refractivity contribution in [2.45, 2.75) is 13.0 Å². The molecule has 0 aliphatic heterocycles. The standard InChI is InChI=1S/C10H11NO4/c1-6(10(14)15)11-9(13)7-3-2-4-8(12)5-7/h2-6,12H,1H3,(H,11,13)(H,14,15)/t6-/m0/s1. The fourth-order valence-corrected chi connectivity index (χ4v) is 0.989. The molecule has 0 fully saturated rings. The maximum Gasteiger partial charge on any atom is 0.325 e. The largest absolute Gasteiger partial charge is 0.508 e. The Hall–Kier alpha value is -2.04. The summed E-state index contributed by atoms with van der Waals surface area (Å²) in [5, 5.41) is 20.0. The third-order valence-electron chi connectivity index (χ3n) is 1.83. The highest BCUT2D eigenvalue weighted by Crippen LogP contribution is 2.10. The van der Waals surface area contributed by atoms with Crippen molar-refractivity contribution >= 4 is 11.9 Å². The lowest BCUT2D eigenvalue weighted by Gasteiger charge is -2.08. The molecule has 5 heteroatoms. The summed E-state index contributed by atoms with van der Waals surface area (Å²) in [7, 11) is 0. The van der Waals surface area contributed by atoms with Crippen molar-refractivity contribution in [3.8, 4) is 5.75 Å². The molecular weight excluding hydrogens is 198 g/mol.